The number of nitrogens with zero attached hydrogens (tertiary/aromatic N) is 1. The van der Waals surface area contributed by atoms with Crippen molar-refractivity contribution in [3.05, 3.63) is 88.9 Å². The van der Waals surface area contributed by atoms with Crippen molar-refractivity contribution in [3.63, 3.8) is 0 Å². The highest BCUT2D eigenvalue weighted by atomic mass is 35.5. The minimum absolute atomic E-state index is 0.0514. The Balaban J connectivity index is 1.82. The van der Waals surface area contributed by atoms with Gasteiger partial charge in [0.2, 0.25) is 0 Å². The maximum absolute atomic E-state index is 13.3. The van der Waals surface area contributed by atoms with Crippen LogP contribution >= 0.6 is 11.6 Å². The molecule has 1 aliphatic heterocycles. The Hall–Kier alpha value is -2.98. The van der Waals surface area contributed by atoms with E-state index in [2.05, 4.69) is 5.32 Å². The predicted octanol–water partition coefficient (Wildman–Crippen LogP) is 5.12. The molecule has 26 heavy (non-hydrogen) atoms. The number of anilines is 2. The molecule has 0 aromatic heterocycles. The summed E-state index contributed by atoms with van der Waals surface area (Å²) >= 11 is 6.03. The number of rotatable bonds is 3. The minimum Gasteiger partial charge on any atom is -0.497 e. The van der Waals surface area contributed by atoms with E-state index in [1.165, 1.54) is 0 Å². The van der Waals surface area contributed by atoms with E-state index in [4.69, 9.17) is 16.3 Å². The van der Waals surface area contributed by atoms with Gasteiger partial charge >= 0.3 is 0 Å². The standard InChI is InChI=1S/C21H17ClN2O2/c1-26-17-12-10-16(11-13-17)24-20(14-6-8-15(22)9-7-14)23-19-5-3-2-4-18(19)21(24)25/h2-13,20,23H,1H3/t20-/m1/s1. The summed E-state index contributed by atoms with van der Waals surface area (Å²) in [5.74, 6) is 0.694. The largest absolute Gasteiger partial charge is 0.497 e. The molecule has 1 aliphatic rings. The first kappa shape index (κ1) is 16.5. The highest BCUT2D eigenvalue weighted by Gasteiger charge is 2.33. The van der Waals surface area contributed by atoms with Crippen molar-refractivity contribution in [2.45, 2.75) is 6.17 Å². The molecular formula is C21H17ClN2O2. The van der Waals surface area contributed by atoms with E-state index >= 15 is 0 Å². The van der Waals surface area contributed by atoms with Gasteiger partial charge in [0, 0.05) is 16.4 Å². The summed E-state index contributed by atoms with van der Waals surface area (Å²) in [6.07, 6.45) is -0.330. The number of hydrogen-bond donors (Lipinski definition) is 1. The fourth-order valence-corrected chi connectivity index (χ4v) is 3.27. The third-order valence-electron chi connectivity index (χ3n) is 4.46. The van der Waals surface area contributed by atoms with Gasteiger partial charge in [0.15, 0.2) is 0 Å². The lowest BCUT2D eigenvalue weighted by Crippen LogP contribution is -2.43. The van der Waals surface area contributed by atoms with Crippen LogP contribution in [0.25, 0.3) is 0 Å². The van der Waals surface area contributed by atoms with Gasteiger partial charge in [0.25, 0.3) is 5.91 Å². The predicted molar refractivity (Wildman–Crippen MR) is 104 cm³/mol. The van der Waals surface area contributed by atoms with Gasteiger partial charge in [0.05, 0.1) is 12.7 Å². The third kappa shape index (κ3) is 2.89. The van der Waals surface area contributed by atoms with Gasteiger partial charge in [-0.15, -0.1) is 0 Å². The zero-order valence-corrected chi connectivity index (χ0v) is 14.9. The number of benzene rings is 3. The van der Waals surface area contributed by atoms with E-state index in [1.54, 1.807) is 12.0 Å². The first-order valence-electron chi connectivity index (χ1n) is 8.26. The lowest BCUT2D eigenvalue weighted by Gasteiger charge is -2.38. The normalized spacial score (nSPS) is 16.0. The number of fused-ring (bicyclic) bond motifs is 1. The number of nitrogens with one attached hydrogen (secondary N) is 1. The molecule has 0 bridgehead atoms. The van der Waals surface area contributed by atoms with Gasteiger partial charge in [-0.05, 0) is 54.1 Å². The first-order chi connectivity index (χ1) is 12.7. The van der Waals surface area contributed by atoms with Crippen LogP contribution in [0, 0.1) is 0 Å². The number of amides is 1. The number of carbonyl (C=O) groups excluding carboxylic acids is 1. The zero-order valence-electron chi connectivity index (χ0n) is 14.1. The van der Waals surface area contributed by atoms with Crippen molar-refractivity contribution in [1.29, 1.82) is 0 Å². The first-order valence-corrected chi connectivity index (χ1v) is 8.64. The maximum atomic E-state index is 13.3. The Morgan fingerprint density at radius 1 is 0.962 bits per heavy atom. The molecule has 0 saturated carbocycles. The zero-order chi connectivity index (χ0) is 18.1. The summed E-state index contributed by atoms with van der Waals surface area (Å²) in [5.41, 5.74) is 3.21. The van der Waals surface area contributed by atoms with E-state index in [9.17, 15) is 4.79 Å². The minimum atomic E-state index is -0.330. The molecule has 1 amide bonds. The number of methoxy groups -OCH3 is 1. The Labute approximate surface area is 157 Å². The molecule has 0 fully saturated rings. The second kappa shape index (κ2) is 6.73. The topological polar surface area (TPSA) is 41.6 Å². The molecule has 4 nitrogen and oxygen atoms in total. The Morgan fingerprint density at radius 2 is 1.65 bits per heavy atom. The fraction of sp³-hybridized carbons (Fsp3) is 0.0952. The molecule has 0 spiro atoms. The van der Waals surface area contributed by atoms with Crippen LogP contribution in [-0.2, 0) is 0 Å². The summed E-state index contributed by atoms with van der Waals surface area (Å²) in [7, 11) is 1.62. The van der Waals surface area contributed by atoms with Crippen LogP contribution in [0.15, 0.2) is 72.8 Å². The maximum Gasteiger partial charge on any atom is 0.262 e. The van der Waals surface area contributed by atoms with Crippen molar-refractivity contribution in [2.75, 3.05) is 17.3 Å². The molecule has 130 valence electrons. The summed E-state index contributed by atoms with van der Waals surface area (Å²) < 4.78 is 5.23. The second-order valence-electron chi connectivity index (χ2n) is 6.02. The van der Waals surface area contributed by atoms with Gasteiger partial charge in [0.1, 0.15) is 11.9 Å². The Kier molecular flexibility index (Phi) is 4.27. The summed E-state index contributed by atoms with van der Waals surface area (Å²) in [6, 6.07) is 22.5. The van der Waals surface area contributed by atoms with E-state index in [-0.39, 0.29) is 12.1 Å². The summed E-state index contributed by atoms with van der Waals surface area (Å²) in [5, 5.41) is 4.13. The van der Waals surface area contributed by atoms with Crippen LogP contribution in [0.5, 0.6) is 5.75 Å². The molecule has 4 rings (SSSR count). The van der Waals surface area contributed by atoms with Crippen LogP contribution in [0.3, 0.4) is 0 Å². The van der Waals surface area contributed by atoms with Gasteiger partial charge in [-0.2, -0.15) is 0 Å². The molecule has 0 saturated heterocycles. The molecule has 1 N–H and O–H groups in total. The quantitative estimate of drug-likeness (QED) is 0.701. The molecule has 0 aliphatic carbocycles. The molecule has 1 heterocycles. The third-order valence-corrected chi connectivity index (χ3v) is 4.72. The molecule has 0 unspecified atom stereocenters. The smallest absolute Gasteiger partial charge is 0.262 e. The van der Waals surface area contributed by atoms with Crippen molar-refractivity contribution >= 4 is 28.9 Å². The van der Waals surface area contributed by atoms with Crippen molar-refractivity contribution in [2.24, 2.45) is 0 Å². The van der Waals surface area contributed by atoms with E-state index in [1.807, 2.05) is 72.8 Å². The van der Waals surface area contributed by atoms with Gasteiger partial charge in [-0.1, -0.05) is 35.9 Å². The summed E-state index contributed by atoms with van der Waals surface area (Å²) in [6.45, 7) is 0. The lowest BCUT2D eigenvalue weighted by atomic mass is 10.0. The van der Waals surface area contributed by atoms with Gasteiger partial charge in [-0.3, -0.25) is 9.69 Å². The van der Waals surface area contributed by atoms with E-state index in [0.717, 1.165) is 22.7 Å². The average Bonchev–Trinajstić information content (AvgIpc) is 2.69. The number of ether oxygens (including phenoxy) is 1. The molecule has 3 aromatic rings. The highest BCUT2D eigenvalue weighted by Crippen LogP contribution is 2.37. The number of halogens is 1. The van der Waals surface area contributed by atoms with Crippen LogP contribution in [-0.4, -0.2) is 13.0 Å². The van der Waals surface area contributed by atoms with Crippen molar-refractivity contribution in [1.82, 2.24) is 0 Å². The second-order valence-corrected chi connectivity index (χ2v) is 6.45. The fourth-order valence-electron chi connectivity index (χ4n) is 3.14. The highest BCUT2D eigenvalue weighted by molar-refractivity contribution is 6.30. The van der Waals surface area contributed by atoms with E-state index in [0.29, 0.717) is 10.6 Å². The molecule has 3 aromatic carbocycles. The molecule has 0 radical (unpaired) electrons. The number of carbonyl (C=O) groups is 1. The molecule has 1 atom stereocenters. The molecular weight excluding hydrogens is 348 g/mol. The SMILES string of the molecule is COc1ccc(N2C(=O)c3ccccc3N[C@H]2c2ccc(Cl)cc2)cc1. The van der Waals surface area contributed by atoms with Gasteiger partial charge < -0.3 is 10.1 Å². The van der Waals surface area contributed by atoms with Crippen LogP contribution < -0.4 is 15.0 Å². The van der Waals surface area contributed by atoms with Crippen molar-refractivity contribution < 1.29 is 9.53 Å². The van der Waals surface area contributed by atoms with Crippen LogP contribution in [0.2, 0.25) is 5.02 Å². The number of para-hydroxylation sites is 1. The van der Waals surface area contributed by atoms with Gasteiger partial charge in [-0.25, -0.2) is 0 Å². The monoisotopic (exact) mass is 364 g/mol. The number of hydrogen-bond acceptors (Lipinski definition) is 3. The average molecular weight is 365 g/mol. The van der Waals surface area contributed by atoms with Crippen molar-refractivity contribution in [3.8, 4) is 5.75 Å². The van der Waals surface area contributed by atoms with Crippen LogP contribution in [0.1, 0.15) is 22.1 Å². The summed E-state index contributed by atoms with van der Waals surface area (Å²) in [4.78, 5) is 15.0. The van der Waals surface area contributed by atoms with E-state index < -0.39 is 0 Å². The Bertz CT molecular complexity index is 939. The van der Waals surface area contributed by atoms with Crippen LogP contribution in [0.4, 0.5) is 11.4 Å². The Morgan fingerprint density at radius 3 is 2.35 bits per heavy atom. The lowest BCUT2D eigenvalue weighted by molar-refractivity contribution is 0.0975. The molecule has 5 heteroatoms.